The number of nitrogens with two attached hydrogens (primary N) is 1. The van der Waals surface area contributed by atoms with Crippen molar-refractivity contribution in [3.05, 3.63) is 70.7 Å². The third-order valence-corrected chi connectivity index (χ3v) is 5.86. The van der Waals surface area contributed by atoms with Gasteiger partial charge in [0.15, 0.2) is 0 Å². The van der Waals surface area contributed by atoms with Gasteiger partial charge in [0, 0.05) is 12.2 Å². The van der Waals surface area contributed by atoms with Crippen LogP contribution in [0, 0.1) is 0 Å². The zero-order valence-corrected chi connectivity index (χ0v) is 19.3. The van der Waals surface area contributed by atoms with Crippen LogP contribution < -0.4 is 11.1 Å². The number of hydrogen-bond donors (Lipinski definition) is 3. The summed E-state index contributed by atoms with van der Waals surface area (Å²) in [5.41, 5.74) is 7.07. The summed E-state index contributed by atoms with van der Waals surface area (Å²) in [6, 6.07) is 14.0. The minimum Gasteiger partial charge on any atom is -0.478 e. The van der Waals surface area contributed by atoms with Gasteiger partial charge in [-0.3, -0.25) is 0 Å². The molecule has 1 aliphatic rings. The molecule has 9 heteroatoms. The van der Waals surface area contributed by atoms with Gasteiger partial charge in [0.05, 0.1) is 16.8 Å². The highest BCUT2D eigenvalue weighted by molar-refractivity contribution is 6.56. The lowest BCUT2D eigenvalue weighted by molar-refractivity contribution is 0.00578. The number of carboxylic acid groups (broad SMARTS) is 1. The van der Waals surface area contributed by atoms with Crippen molar-refractivity contribution < 1.29 is 28.7 Å². The number of carboxylic acids is 1. The van der Waals surface area contributed by atoms with Gasteiger partial charge in [0.25, 0.3) is 0 Å². The second-order valence-electron chi connectivity index (χ2n) is 8.87. The minimum atomic E-state index is -1.10. The Bertz CT molecular complexity index is 1040. The highest BCUT2D eigenvalue weighted by Gasteiger charge is 2.52. The molecule has 33 heavy (non-hydrogen) atoms. The first kappa shape index (κ1) is 24.3. The number of rotatable bonds is 7. The number of carbonyl (C=O) groups excluding carboxylic acids is 1. The highest BCUT2D eigenvalue weighted by atomic mass is 16.7. The first-order chi connectivity index (χ1) is 15.5. The van der Waals surface area contributed by atoms with Crippen LogP contribution in [0.2, 0.25) is 0 Å². The number of benzene rings is 2. The minimum absolute atomic E-state index is 0.0203. The monoisotopic (exact) mass is 452 g/mol. The molecule has 3 rings (SSSR count). The lowest BCUT2D eigenvalue weighted by Gasteiger charge is -2.32. The predicted octanol–water partition coefficient (Wildman–Crippen LogP) is 3.91. The lowest BCUT2D eigenvalue weighted by Crippen LogP contribution is -2.41. The van der Waals surface area contributed by atoms with Crippen LogP contribution in [0.4, 0.5) is 10.5 Å². The molecular formula is C24H29BN2O6. The van der Waals surface area contributed by atoms with Gasteiger partial charge >= 0.3 is 19.2 Å². The van der Waals surface area contributed by atoms with Crippen molar-refractivity contribution in [3.63, 3.8) is 0 Å². The maximum Gasteiger partial charge on any atom is 0.492 e. The summed E-state index contributed by atoms with van der Waals surface area (Å²) < 4.78 is 17.6. The molecule has 0 bridgehead atoms. The van der Waals surface area contributed by atoms with Gasteiger partial charge in [0.2, 0.25) is 0 Å². The number of nitrogen functional groups attached to an aromatic ring is 1. The molecule has 1 aliphatic heterocycles. The van der Waals surface area contributed by atoms with E-state index in [-0.39, 0.29) is 24.4 Å². The van der Waals surface area contributed by atoms with Gasteiger partial charge in [-0.05, 0) is 56.4 Å². The van der Waals surface area contributed by atoms with Gasteiger partial charge in [-0.1, -0.05) is 42.5 Å². The first-order valence-electron chi connectivity index (χ1n) is 10.6. The zero-order chi connectivity index (χ0) is 24.2. The summed E-state index contributed by atoms with van der Waals surface area (Å²) in [7, 11) is -0.718. The van der Waals surface area contributed by atoms with Crippen LogP contribution in [0.3, 0.4) is 0 Å². The number of anilines is 1. The van der Waals surface area contributed by atoms with Crippen molar-refractivity contribution in [2.75, 3.05) is 12.3 Å². The molecule has 0 aromatic heterocycles. The van der Waals surface area contributed by atoms with Crippen LogP contribution in [-0.2, 0) is 20.7 Å². The number of carbonyl (C=O) groups is 2. The van der Waals surface area contributed by atoms with Crippen molar-refractivity contribution in [1.82, 2.24) is 5.32 Å². The molecule has 0 radical (unpaired) electrons. The van der Waals surface area contributed by atoms with Gasteiger partial charge in [-0.2, -0.15) is 0 Å². The van der Waals surface area contributed by atoms with Crippen LogP contribution in [0.15, 0.2) is 54.0 Å². The number of amides is 1. The van der Waals surface area contributed by atoms with Gasteiger partial charge < -0.3 is 30.2 Å². The fourth-order valence-corrected chi connectivity index (χ4v) is 3.23. The third-order valence-electron chi connectivity index (χ3n) is 5.86. The smallest absolute Gasteiger partial charge is 0.478 e. The molecule has 0 unspecified atom stereocenters. The Morgan fingerprint density at radius 2 is 1.73 bits per heavy atom. The van der Waals surface area contributed by atoms with Crippen LogP contribution in [0.5, 0.6) is 0 Å². The molecule has 2 aromatic carbocycles. The van der Waals surface area contributed by atoms with E-state index >= 15 is 0 Å². The Kier molecular flexibility index (Phi) is 7.14. The SMILES string of the molecule is CC1(C)OB(C(=Cc2ccc(C(=O)O)c(N)c2)CNC(=O)OCc2ccccc2)OC1(C)C. The molecule has 0 aliphatic carbocycles. The van der Waals surface area contributed by atoms with E-state index in [2.05, 4.69) is 5.32 Å². The van der Waals surface area contributed by atoms with Crippen molar-refractivity contribution in [2.24, 2.45) is 0 Å². The number of alkyl carbamates (subject to hydrolysis) is 1. The molecule has 2 aromatic rings. The molecule has 4 N–H and O–H groups in total. The summed E-state index contributed by atoms with van der Waals surface area (Å²) in [4.78, 5) is 23.5. The quantitative estimate of drug-likeness (QED) is 0.430. The Morgan fingerprint density at radius 3 is 2.30 bits per heavy atom. The second kappa shape index (κ2) is 9.68. The zero-order valence-electron chi connectivity index (χ0n) is 19.3. The van der Waals surface area contributed by atoms with Crippen molar-refractivity contribution in [2.45, 2.75) is 45.5 Å². The van der Waals surface area contributed by atoms with E-state index in [1.54, 1.807) is 18.2 Å². The molecule has 0 saturated carbocycles. The Morgan fingerprint density at radius 1 is 1.09 bits per heavy atom. The number of hydrogen-bond acceptors (Lipinski definition) is 6. The van der Waals surface area contributed by atoms with E-state index in [9.17, 15) is 14.7 Å². The maximum absolute atomic E-state index is 12.3. The third kappa shape index (κ3) is 5.94. The summed E-state index contributed by atoms with van der Waals surface area (Å²) in [6.45, 7) is 8.00. The topological polar surface area (TPSA) is 120 Å². The van der Waals surface area contributed by atoms with E-state index in [1.807, 2.05) is 58.0 Å². The largest absolute Gasteiger partial charge is 0.492 e. The lowest BCUT2D eigenvalue weighted by atomic mass is 9.77. The number of aromatic carboxylic acids is 1. The normalized spacial score (nSPS) is 17.0. The summed E-state index contributed by atoms with van der Waals surface area (Å²) in [5, 5.41) is 11.9. The Balaban J connectivity index is 1.77. The molecule has 1 fully saturated rings. The summed E-state index contributed by atoms with van der Waals surface area (Å²) in [5.74, 6) is -1.10. The number of ether oxygens (including phenoxy) is 1. The van der Waals surface area contributed by atoms with E-state index < -0.39 is 30.4 Å². The predicted molar refractivity (Wildman–Crippen MR) is 127 cm³/mol. The highest BCUT2D eigenvalue weighted by Crippen LogP contribution is 2.38. The maximum atomic E-state index is 12.3. The van der Waals surface area contributed by atoms with Crippen LogP contribution in [0.1, 0.15) is 49.2 Å². The second-order valence-corrected chi connectivity index (χ2v) is 8.87. The van der Waals surface area contributed by atoms with Gasteiger partial charge in [0.1, 0.15) is 6.61 Å². The van der Waals surface area contributed by atoms with Crippen molar-refractivity contribution in [1.29, 1.82) is 0 Å². The fraction of sp³-hybridized carbons (Fsp3) is 0.333. The van der Waals surface area contributed by atoms with Crippen LogP contribution in [0.25, 0.3) is 6.08 Å². The summed E-state index contributed by atoms with van der Waals surface area (Å²) in [6.07, 6.45) is 1.18. The van der Waals surface area contributed by atoms with Gasteiger partial charge in [-0.15, -0.1) is 0 Å². The van der Waals surface area contributed by atoms with E-state index in [0.717, 1.165) is 5.56 Å². The van der Waals surface area contributed by atoms with Gasteiger partial charge in [-0.25, -0.2) is 9.59 Å². The molecule has 8 nitrogen and oxygen atoms in total. The fourth-order valence-electron chi connectivity index (χ4n) is 3.23. The standard InChI is InChI=1S/C24H29BN2O6/c1-23(2)24(3,4)33-25(32-23)18(12-17-10-11-19(21(28)29)20(26)13-17)14-27-22(30)31-15-16-8-6-5-7-9-16/h5-13H,14-15,26H2,1-4H3,(H,27,30)(H,28,29). The number of nitrogens with one attached hydrogen (secondary N) is 1. The first-order valence-corrected chi connectivity index (χ1v) is 10.6. The van der Waals surface area contributed by atoms with Crippen LogP contribution in [-0.4, -0.2) is 42.0 Å². The summed E-state index contributed by atoms with van der Waals surface area (Å²) >= 11 is 0. The molecular weight excluding hydrogens is 423 g/mol. The average molecular weight is 452 g/mol. The molecule has 0 spiro atoms. The van der Waals surface area contributed by atoms with E-state index in [4.69, 9.17) is 19.8 Å². The molecule has 0 atom stereocenters. The average Bonchev–Trinajstić information content (AvgIpc) is 2.97. The molecule has 1 heterocycles. The van der Waals surface area contributed by atoms with Crippen molar-refractivity contribution in [3.8, 4) is 0 Å². The molecule has 1 amide bonds. The van der Waals surface area contributed by atoms with E-state index in [0.29, 0.717) is 11.0 Å². The van der Waals surface area contributed by atoms with Crippen molar-refractivity contribution >= 4 is 30.9 Å². The Hall–Kier alpha value is -3.30. The van der Waals surface area contributed by atoms with E-state index in [1.165, 1.54) is 6.07 Å². The molecule has 1 saturated heterocycles. The van der Waals surface area contributed by atoms with Crippen LogP contribution >= 0.6 is 0 Å². The Labute approximate surface area is 193 Å². The molecule has 174 valence electrons.